The standard InChI is InChI=1S/C28H37F3N4O4/c1-5-12-35-22(18-33-13-7-14-34(16-15-33)23(36)17-19(3)4)24(26(37)39-6-2)25(32-27(35)38)20-8-10-21(11-9-20)28(29,30)31/h5,8-11,19,25H,1,6-7,12-18H2,2-4H3,(H,32,38). The lowest BCUT2D eigenvalue weighted by Gasteiger charge is -2.38. The third-order valence-corrected chi connectivity index (χ3v) is 6.71. The van der Waals surface area contributed by atoms with Gasteiger partial charge in [0.2, 0.25) is 5.91 Å². The summed E-state index contributed by atoms with van der Waals surface area (Å²) >= 11 is 0. The van der Waals surface area contributed by atoms with E-state index in [-0.39, 0.29) is 37.1 Å². The summed E-state index contributed by atoms with van der Waals surface area (Å²) in [6.07, 6.45) is -1.78. The van der Waals surface area contributed by atoms with Crippen molar-refractivity contribution in [2.45, 2.75) is 45.8 Å². The minimum Gasteiger partial charge on any atom is -0.463 e. The molecule has 1 aromatic rings. The van der Waals surface area contributed by atoms with Crippen LogP contribution in [-0.2, 0) is 20.5 Å². The second kappa shape index (κ2) is 13.1. The highest BCUT2D eigenvalue weighted by atomic mass is 19.4. The van der Waals surface area contributed by atoms with Crippen molar-refractivity contribution in [3.05, 3.63) is 59.3 Å². The van der Waals surface area contributed by atoms with Gasteiger partial charge < -0.3 is 15.0 Å². The summed E-state index contributed by atoms with van der Waals surface area (Å²) in [7, 11) is 0. The van der Waals surface area contributed by atoms with Crippen molar-refractivity contribution < 1.29 is 32.3 Å². The molecule has 39 heavy (non-hydrogen) atoms. The Balaban J connectivity index is 1.98. The van der Waals surface area contributed by atoms with Crippen LogP contribution < -0.4 is 5.32 Å². The molecule has 0 bridgehead atoms. The van der Waals surface area contributed by atoms with Crippen molar-refractivity contribution in [1.29, 1.82) is 0 Å². The van der Waals surface area contributed by atoms with E-state index in [1.807, 2.05) is 18.7 Å². The number of nitrogens with one attached hydrogen (secondary N) is 1. The zero-order valence-electron chi connectivity index (χ0n) is 22.7. The third kappa shape index (κ3) is 7.62. The summed E-state index contributed by atoms with van der Waals surface area (Å²) < 4.78 is 44.8. The Labute approximate surface area is 227 Å². The molecule has 1 atom stereocenters. The van der Waals surface area contributed by atoms with Crippen molar-refractivity contribution in [3.63, 3.8) is 0 Å². The molecule has 1 saturated heterocycles. The van der Waals surface area contributed by atoms with Gasteiger partial charge in [0.1, 0.15) is 0 Å². The number of halogens is 3. The van der Waals surface area contributed by atoms with Crippen molar-refractivity contribution in [2.75, 3.05) is 45.9 Å². The Morgan fingerprint density at radius 1 is 1.15 bits per heavy atom. The van der Waals surface area contributed by atoms with Gasteiger partial charge in [-0.3, -0.25) is 14.6 Å². The summed E-state index contributed by atoms with van der Waals surface area (Å²) in [5, 5.41) is 2.76. The topological polar surface area (TPSA) is 82.2 Å². The second-order valence-corrected chi connectivity index (χ2v) is 10.1. The first-order valence-electron chi connectivity index (χ1n) is 13.2. The van der Waals surface area contributed by atoms with Crippen LogP contribution in [-0.4, -0.2) is 78.5 Å². The highest BCUT2D eigenvalue weighted by Gasteiger charge is 2.39. The fourth-order valence-corrected chi connectivity index (χ4v) is 4.83. The van der Waals surface area contributed by atoms with Gasteiger partial charge in [0.05, 0.1) is 23.8 Å². The lowest BCUT2D eigenvalue weighted by atomic mass is 9.93. The van der Waals surface area contributed by atoms with Crippen molar-refractivity contribution >= 4 is 17.9 Å². The molecule has 0 spiro atoms. The van der Waals surface area contributed by atoms with Crippen LogP contribution in [0.2, 0.25) is 0 Å². The molecule has 3 amide bonds. The predicted octanol–water partition coefficient (Wildman–Crippen LogP) is 4.36. The quantitative estimate of drug-likeness (QED) is 0.365. The van der Waals surface area contributed by atoms with E-state index < -0.39 is 29.8 Å². The number of amides is 3. The Hall–Kier alpha value is -3.34. The number of nitrogens with zero attached hydrogens (tertiary/aromatic N) is 3. The van der Waals surface area contributed by atoms with E-state index in [2.05, 4.69) is 16.8 Å². The van der Waals surface area contributed by atoms with E-state index in [4.69, 9.17) is 4.74 Å². The summed E-state index contributed by atoms with van der Waals surface area (Å²) in [6.45, 7) is 12.1. The minimum absolute atomic E-state index is 0.0847. The smallest absolute Gasteiger partial charge is 0.416 e. The molecular formula is C28H37F3N4O4. The normalized spacial score (nSPS) is 19.2. The minimum atomic E-state index is -4.52. The summed E-state index contributed by atoms with van der Waals surface area (Å²) in [6, 6.07) is 2.89. The third-order valence-electron chi connectivity index (χ3n) is 6.71. The van der Waals surface area contributed by atoms with Gasteiger partial charge >= 0.3 is 18.2 Å². The highest BCUT2D eigenvalue weighted by Crippen LogP contribution is 2.35. The molecule has 0 saturated carbocycles. The molecule has 8 nitrogen and oxygen atoms in total. The Kier molecular flexibility index (Phi) is 10.2. The van der Waals surface area contributed by atoms with Crippen LogP contribution in [0.25, 0.3) is 0 Å². The highest BCUT2D eigenvalue weighted by molar-refractivity contribution is 5.95. The Morgan fingerprint density at radius 2 is 1.85 bits per heavy atom. The number of hydrogen-bond donors (Lipinski definition) is 1. The molecule has 11 heteroatoms. The molecule has 2 aliphatic heterocycles. The molecule has 0 radical (unpaired) electrons. The Morgan fingerprint density at radius 3 is 2.44 bits per heavy atom. The van der Waals surface area contributed by atoms with E-state index >= 15 is 0 Å². The lowest BCUT2D eigenvalue weighted by molar-refractivity contribution is -0.139. The molecular weight excluding hydrogens is 513 g/mol. The lowest BCUT2D eigenvalue weighted by Crippen LogP contribution is -2.51. The fourth-order valence-electron chi connectivity index (χ4n) is 4.83. The zero-order valence-corrected chi connectivity index (χ0v) is 22.7. The van der Waals surface area contributed by atoms with Gasteiger partial charge in [0.25, 0.3) is 0 Å². The molecule has 3 rings (SSSR count). The van der Waals surface area contributed by atoms with E-state index in [1.54, 1.807) is 6.92 Å². The van der Waals surface area contributed by atoms with Gasteiger partial charge in [0, 0.05) is 51.4 Å². The molecule has 1 unspecified atom stereocenters. The number of rotatable bonds is 9. The molecule has 1 N–H and O–H groups in total. The molecule has 0 aliphatic carbocycles. The van der Waals surface area contributed by atoms with Crippen LogP contribution in [0.3, 0.4) is 0 Å². The molecule has 1 aromatic carbocycles. The van der Waals surface area contributed by atoms with E-state index in [1.165, 1.54) is 23.1 Å². The summed E-state index contributed by atoms with van der Waals surface area (Å²) in [4.78, 5) is 44.5. The van der Waals surface area contributed by atoms with Gasteiger partial charge in [-0.1, -0.05) is 32.1 Å². The molecule has 2 heterocycles. The average Bonchev–Trinajstić information content (AvgIpc) is 3.11. The van der Waals surface area contributed by atoms with Gasteiger partial charge in [-0.25, -0.2) is 9.59 Å². The van der Waals surface area contributed by atoms with Crippen molar-refractivity contribution in [2.24, 2.45) is 5.92 Å². The van der Waals surface area contributed by atoms with Gasteiger partial charge in [-0.05, 0) is 37.0 Å². The zero-order chi connectivity index (χ0) is 28.7. The number of hydrogen-bond acceptors (Lipinski definition) is 5. The van der Waals surface area contributed by atoms with Crippen LogP contribution in [0.5, 0.6) is 0 Å². The van der Waals surface area contributed by atoms with E-state index in [9.17, 15) is 27.6 Å². The monoisotopic (exact) mass is 550 g/mol. The van der Waals surface area contributed by atoms with Crippen LogP contribution >= 0.6 is 0 Å². The predicted molar refractivity (Wildman–Crippen MR) is 140 cm³/mol. The molecule has 1 fully saturated rings. The van der Waals surface area contributed by atoms with E-state index in [0.29, 0.717) is 43.9 Å². The molecule has 0 aromatic heterocycles. The average molecular weight is 551 g/mol. The first kappa shape index (κ1) is 30.2. The van der Waals surface area contributed by atoms with Gasteiger partial charge in [-0.2, -0.15) is 13.2 Å². The Bertz CT molecular complexity index is 1090. The maximum atomic E-state index is 13.3. The molecule has 214 valence electrons. The van der Waals surface area contributed by atoms with Gasteiger partial charge in [-0.15, -0.1) is 6.58 Å². The van der Waals surface area contributed by atoms with Crippen molar-refractivity contribution in [1.82, 2.24) is 20.0 Å². The number of esters is 1. The SMILES string of the molecule is C=CCN1C(=O)NC(c2ccc(C(F)(F)F)cc2)C(C(=O)OCC)=C1CN1CCCN(C(=O)CC(C)C)CC1. The second-order valence-electron chi connectivity index (χ2n) is 10.1. The number of carbonyl (C=O) groups is 3. The first-order valence-corrected chi connectivity index (χ1v) is 13.2. The maximum Gasteiger partial charge on any atom is 0.416 e. The molecule has 2 aliphatic rings. The van der Waals surface area contributed by atoms with Crippen LogP contribution in [0.15, 0.2) is 48.2 Å². The fraction of sp³-hybridized carbons (Fsp3) is 0.536. The summed E-state index contributed by atoms with van der Waals surface area (Å²) in [5.41, 5.74) is 0.0696. The number of alkyl halides is 3. The van der Waals surface area contributed by atoms with Gasteiger partial charge in [0.15, 0.2) is 0 Å². The number of ether oxygens (including phenoxy) is 1. The van der Waals surface area contributed by atoms with Crippen LogP contribution in [0.4, 0.5) is 18.0 Å². The number of urea groups is 1. The van der Waals surface area contributed by atoms with Crippen LogP contribution in [0.1, 0.15) is 50.8 Å². The maximum absolute atomic E-state index is 13.3. The van der Waals surface area contributed by atoms with Crippen molar-refractivity contribution in [3.8, 4) is 0 Å². The largest absolute Gasteiger partial charge is 0.463 e. The number of carbonyl (C=O) groups excluding carboxylic acids is 3. The number of benzene rings is 1. The summed E-state index contributed by atoms with van der Waals surface area (Å²) in [5.74, 6) is -0.300. The van der Waals surface area contributed by atoms with Crippen LogP contribution in [0, 0.1) is 5.92 Å². The van der Waals surface area contributed by atoms with E-state index in [0.717, 1.165) is 18.6 Å². The first-order chi connectivity index (χ1) is 18.5.